The molecule has 4 rings (SSSR count). The lowest BCUT2D eigenvalue weighted by atomic mass is 9.99. The maximum absolute atomic E-state index is 4.55. The van der Waals surface area contributed by atoms with Gasteiger partial charge >= 0.3 is 0 Å². The van der Waals surface area contributed by atoms with Gasteiger partial charge in [0.05, 0.1) is 0 Å². The smallest absolute Gasteiger partial charge is 0.156 e. The predicted octanol–water partition coefficient (Wildman–Crippen LogP) is 4.11. The highest BCUT2D eigenvalue weighted by atomic mass is 79.9. The average Bonchev–Trinajstić information content (AvgIpc) is 2.86. The molecule has 21 heavy (non-hydrogen) atoms. The largest absolute Gasteiger partial charge is 0.355 e. The van der Waals surface area contributed by atoms with Crippen LogP contribution in [0, 0.1) is 5.92 Å². The van der Waals surface area contributed by atoms with Crippen molar-refractivity contribution in [3.05, 3.63) is 29.0 Å². The SMILES string of the molecule is CC1CCN(c2ncnc3c2[nH]c2ccc(Br)cc23)CC1. The molecule has 1 saturated heterocycles. The molecule has 0 amide bonds. The summed E-state index contributed by atoms with van der Waals surface area (Å²) in [7, 11) is 0. The number of H-pyrrole nitrogens is 1. The number of fused-ring (bicyclic) bond motifs is 3. The number of rotatable bonds is 1. The van der Waals surface area contributed by atoms with E-state index < -0.39 is 0 Å². The Balaban J connectivity index is 1.88. The Hall–Kier alpha value is -1.62. The van der Waals surface area contributed by atoms with E-state index in [1.807, 2.05) is 6.07 Å². The highest BCUT2D eigenvalue weighted by Gasteiger charge is 2.20. The lowest BCUT2D eigenvalue weighted by Crippen LogP contribution is -2.33. The van der Waals surface area contributed by atoms with Crippen LogP contribution >= 0.6 is 15.9 Å². The zero-order valence-electron chi connectivity index (χ0n) is 11.9. The molecule has 0 bridgehead atoms. The second-order valence-corrected chi connectivity index (χ2v) is 6.82. The fourth-order valence-corrected chi connectivity index (χ4v) is 3.47. The topological polar surface area (TPSA) is 44.8 Å². The minimum absolute atomic E-state index is 0.817. The summed E-state index contributed by atoms with van der Waals surface area (Å²) in [5.74, 6) is 1.86. The number of piperidine rings is 1. The van der Waals surface area contributed by atoms with Crippen LogP contribution in [-0.4, -0.2) is 28.0 Å². The summed E-state index contributed by atoms with van der Waals surface area (Å²) < 4.78 is 1.07. The van der Waals surface area contributed by atoms with Crippen molar-refractivity contribution in [2.75, 3.05) is 18.0 Å². The Bertz CT molecular complexity index is 802. The third-order valence-corrected chi connectivity index (χ3v) is 4.90. The minimum Gasteiger partial charge on any atom is -0.355 e. The van der Waals surface area contributed by atoms with Crippen molar-refractivity contribution in [1.82, 2.24) is 15.0 Å². The standard InChI is InChI=1S/C16H17BrN4/c1-10-4-6-21(7-5-10)16-15-14(18-9-19-16)12-8-11(17)2-3-13(12)20-15/h2-3,8-10,20H,4-7H2,1H3. The van der Waals surface area contributed by atoms with Gasteiger partial charge in [0.2, 0.25) is 0 Å². The van der Waals surface area contributed by atoms with Crippen molar-refractivity contribution in [2.45, 2.75) is 19.8 Å². The Morgan fingerprint density at radius 2 is 2.05 bits per heavy atom. The number of anilines is 1. The molecule has 2 aromatic heterocycles. The number of hydrogen-bond acceptors (Lipinski definition) is 3. The van der Waals surface area contributed by atoms with Crippen LogP contribution in [0.25, 0.3) is 21.9 Å². The van der Waals surface area contributed by atoms with Crippen molar-refractivity contribution in [3.63, 3.8) is 0 Å². The lowest BCUT2D eigenvalue weighted by molar-refractivity contribution is 0.437. The summed E-state index contributed by atoms with van der Waals surface area (Å²) in [6.07, 6.45) is 4.15. The number of hydrogen-bond donors (Lipinski definition) is 1. The number of nitrogens with one attached hydrogen (secondary N) is 1. The maximum Gasteiger partial charge on any atom is 0.156 e. The predicted molar refractivity (Wildman–Crippen MR) is 89.7 cm³/mol. The van der Waals surface area contributed by atoms with Gasteiger partial charge in [-0.25, -0.2) is 9.97 Å². The summed E-state index contributed by atoms with van der Waals surface area (Å²) in [6, 6.07) is 6.25. The molecule has 1 aliphatic rings. The molecule has 4 nitrogen and oxygen atoms in total. The van der Waals surface area contributed by atoms with Gasteiger partial charge < -0.3 is 9.88 Å². The first-order valence-electron chi connectivity index (χ1n) is 7.39. The van der Waals surface area contributed by atoms with Crippen LogP contribution in [0.2, 0.25) is 0 Å². The Kier molecular flexibility index (Phi) is 3.10. The first kappa shape index (κ1) is 13.1. The number of aromatic nitrogens is 3. The molecule has 1 N–H and O–H groups in total. The van der Waals surface area contributed by atoms with E-state index in [2.05, 4.69) is 54.8 Å². The first-order valence-corrected chi connectivity index (χ1v) is 8.18. The van der Waals surface area contributed by atoms with Crippen LogP contribution in [0.4, 0.5) is 5.82 Å². The summed E-state index contributed by atoms with van der Waals surface area (Å²) in [6.45, 7) is 4.48. The summed E-state index contributed by atoms with van der Waals surface area (Å²) in [5.41, 5.74) is 3.18. The molecule has 3 aromatic rings. The Labute approximate surface area is 131 Å². The normalized spacial score (nSPS) is 17.0. The number of halogens is 1. The summed E-state index contributed by atoms with van der Waals surface area (Å²) in [5, 5.41) is 1.15. The second-order valence-electron chi connectivity index (χ2n) is 5.91. The van der Waals surface area contributed by atoms with E-state index in [9.17, 15) is 0 Å². The lowest BCUT2D eigenvalue weighted by Gasteiger charge is -2.31. The van der Waals surface area contributed by atoms with E-state index in [1.165, 1.54) is 12.8 Å². The van der Waals surface area contributed by atoms with Crippen LogP contribution < -0.4 is 4.90 Å². The number of benzene rings is 1. The molecule has 1 aromatic carbocycles. The highest BCUT2D eigenvalue weighted by Crippen LogP contribution is 2.32. The third-order valence-electron chi connectivity index (χ3n) is 4.41. The maximum atomic E-state index is 4.55. The van der Waals surface area contributed by atoms with Gasteiger partial charge in [0.15, 0.2) is 5.82 Å². The zero-order valence-corrected chi connectivity index (χ0v) is 13.5. The van der Waals surface area contributed by atoms with Crippen LogP contribution in [0.15, 0.2) is 29.0 Å². The molecule has 0 radical (unpaired) electrons. The number of aromatic amines is 1. The van der Waals surface area contributed by atoms with Crippen LogP contribution in [0.3, 0.4) is 0 Å². The molecule has 0 saturated carbocycles. The molecular weight excluding hydrogens is 328 g/mol. The van der Waals surface area contributed by atoms with Crippen molar-refractivity contribution in [3.8, 4) is 0 Å². The van der Waals surface area contributed by atoms with Gasteiger partial charge in [0.1, 0.15) is 17.4 Å². The number of nitrogens with zero attached hydrogens (tertiary/aromatic N) is 3. The monoisotopic (exact) mass is 344 g/mol. The highest BCUT2D eigenvalue weighted by molar-refractivity contribution is 9.10. The molecule has 3 heterocycles. The molecule has 1 fully saturated rings. The summed E-state index contributed by atoms with van der Waals surface area (Å²) in [4.78, 5) is 14.9. The molecule has 108 valence electrons. The third kappa shape index (κ3) is 2.20. The molecule has 0 aliphatic carbocycles. The Morgan fingerprint density at radius 1 is 1.24 bits per heavy atom. The quantitative estimate of drug-likeness (QED) is 0.722. The van der Waals surface area contributed by atoms with Crippen molar-refractivity contribution in [1.29, 1.82) is 0 Å². The average molecular weight is 345 g/mol. The van der Waals surface area contributed by atoms with Gasteiger partial charge in [-0.15, -0.1) is 0 Å². The van der Waals surface area contributed by atoms with E-state index in [1.54, 1.807) is 6.33 Å². The van der Waals surface area contributed by atoms with Crippen molar-refractivity contribution in [2.24, 2.45) is 5.92 Å². The summed E-state index contributed by atoms with van der Waals surface area (Å²) >= 11 is 3.54. The van der Waals surface area contributed by atoms with Crippen LogP contribution in [0.1, 0.15) is 19.8 Å². The fraction of sp³-hybridized carbons (Fsp3) is 0.375. The second kappa shape index (κ2) is 4.98. The van der Waals surface area contributed by atoms with Crippen LogP contribution in [0.5, 0.6) is 0 Å². The minimum atomic E-state index is 0.817. The van der Waals surface area contributed by atoms with Gasteiger partial charge in [-0.05, 0) is 37.0 Å². The van der Waals surface area contributed by atoms with Crippen molar-refractivity contribution >= 4 is 43.7 Å². The first-order chi connectivity index (χ1) is 10.2. The Morgan fingerprint density at radius 3 is 2.86 bits per heavy atom. The van der Waals surface area contributed by atoms with E-state index in [0.29, 0.717) is 0 Å². The fourth-order valence-electron chi connectivity index (χ4n) is 3.11. The van der Waals surface area contributed by atoms with Crippen molar-refractivity contribution < 1.29 is 0 Å². The molecule has 0 spiro atoms. The van der Waals surface area contributed by atoms with Gasteiger partial charge in [-0.1, -0.05) is 22.9 Å². The zero-order chi connectivity index (χ0) is 14.4. The van der Waals surface area contributed by atoms with Gasteiger partial charge in [0, 0.05) is 28.5 Å². The molecule has 0 atom stereocenters. The van der Waals surface area contributed by atoms with E-state index in [0.717, 1.165) is 51.2 Å². The molecule has 5 heteroatoms. The van der Waals surface area contributed by atoms with Gasteiger partial charge in [-0.3, -0.25) is 0 Å². The van der Waals surface area contributed by atoms with Gasteiger partial charge in [0.25, 0.3) is 0 Å². The molecule has 1 aliphatic heterocycles. The molecular formula is C16H17BrN4. The van der Waals surface area contributed by atoms with E-state index >= 15 is 0 Å². The molecule has 0 unspecified atom stereocenters. The van der Waals surface area contributed by atoms with Crippen LogP contribution in [-0.2, 0) is 0 Å². The van der Waals surface area contributed by atoms with E-state index in [4.69, 9.17) is 0 Å². The van der Waals surface area contributed by atoms with Gasteiger partial charge in [-0.2, -0.15) is 0 Å². The van der Waals surface area contributed by atoms with E-state index in [-0.39, 0.29) is 0 Å².